The van der Waals surface area contributed by atoms with Crippen molar-refractivity contribution in [3.05, 3.63) is 59.7 Å². The van der Waals surface area contributed by atoms with E-state index in [2.05, 4.69) is 10.6 Å². The first-order valence-electron chi connectivity index (χ1n) is 8.56. The summed E-state index contributed by atoms with van der Waals surface area (Å²) in [7, 11) is 0. The molecule has 0 saturated heterocycles. The highest BCUT2D eigenvalue weighted by Crippen LogP contribution is 2.34. The van der Waals surface area contributed by atoms with E-state index in [9.17, 15) is 27.6 Å². The summed E-state index contributed by atoms with van der Waals surface area (Å²) in [5, 5.41) is 13.0. The SMILES string of the molecule is CC(OC(=O)c1ccc(NC(=O)CC#N)cc1)C(=O)Nc1ccccc1C(F)(F)F. The molecule has 2 aromatic rings. The number of rotatable bonds is 6. The molecule has 1 atom stereocenters. The molecule has 0 aliphatic carbocycles. The summed E-state index contributed by atoms with van der Waals surface area (Å²) < 4.78 is 44.0. The van der Waals surface area contributed by atoms with Crippen LogP contribution in [0.15, 0.2) is 48.5 Å². The van der Waals surface area contributed by atoms with Crippen LogP contribution in [0.4, 0.5) is 24.5 Å². The van der Waals surface area contributed by atoms with Crippen LogP contribution in [0.3, 0.4) is 0 Å². The summed E-state index contributed by atoms with van der Waals surface area (Å²) in [5.41, 5.74) is -1.06. The van der Waals surface area contributed by atoms with Crippen molar-refractivity contribution in [1.29, 1.82) is 5.26 Å². The zero-order valence-corrected chi connectivity index (χ0v) is 15.6. The van der Waals surface area contributed by atoms with Crippen molar-refractivity contribution in [2.45, 2.75) is 25.6 Å². The van der Waals surface area contributed by atoms with Gasteiger partial charge in [-0.25, -0.2) is 4.79 Å². The molecule has 30 heavy (non-hydrogen) atoms. The highest BCUT2D eigenvalue weighted by Gasteiger charge is 2.34. The van der Waals surface area contributed by atoms with Crippen LogP contribution in [-0.4, -0.2) is 23.9 Å². The van der Waals surface area contributed by atoms with Crippen molar-refractivity contribution >= 4 is 29.2 Å². The zero-order chi connectivity index (χ0) is 22.3. The van der Waals surface area contributed by atoms with Gasteiger partial charge in [0.15, 0.2) is 6.10 Å². The average Bonchev–Trinajstić information content (AvgIpc) is 2.68. The fourth-order valence-corrected chi connectivity index (χ4v) is 2.32. The Bertz CT molecular complexity index is 982. The van der Waals surface area contributed by atoms with Crippen molar-refractivity contribution in [2.24, 2.45) is 0 Å². The van der Waals surface area contributed by atoms with Gasteiger partial charge in [-0.15, -0.1) is 0 Å². The Morgan fingerprint density at radius 2 is 1.70 bits per heavy atom. The molecule has 10 heteroatoms. The molecule has 0 aromatic heterocycles. The number of nitrogens with zero attached hydrogens (tertiary/aromatic N) is 1. The van der Waals surface area contributed by atoms with E-state index in [0.29, 0.717) is 5.69 Å². The molecule has 0 bridgehead atoms. The van der Waals surface area contributed by atoms with E-state index in [1.807, 2.05) is 0 Å². The summed E-state index contributed by atoms with van der Waals surface area (Å²) in [6.45, 7) is 1.22. The number of nitriles is 1. The number of amides is 2. The molecule has 0 heterocycles. The first-order chi connectivity index (χ1) is 14.1. The lowest BCUT2D eigenvalue weighted by atomic mass is 10.1. The van der Waals surface area contributed by atoms with Gasteiger partial charge in [-0.1, -0.05) is 12.1 Å². The predicted molar refractivity (Wildman–Crippen MR) is 100 cm³/mol. The molecule has 0 aliphatic rings. The minimum Gasteiger partial charge on any atom is -0.449 e. The summed E-state index contributed by atoms with van der Waals surface area (Å²) in [5.74, 6) is -2.32. The Balaban J connectivity index is 2.00. The van der Waals surface area contributed by atoms with E-state index in [4.69, 9.17) is 10.00 Å². The van der Waals surface area contributed by atoms with Crippen molar-refractivity contribution < 1.29 is 32.3 Å². The summed E-state index contributed by atoms with van der Waals surface area (Å²) >= 11 is 0. The minimum atomic E-state index is -4.66. The van der Waals surface area contributed by atoms with E-state index >= 15 is 0 Å². The second-order valence-corrected chi connectivity index (χ2v) is 6.04. The topological polar surface area (TPSA) is 108 Å². The Kier molecular flexibility index (Phi) is 7.14. The monoisotopic (exact) mass is 419 g/mol. The largest absolute Gasteiger partial charge is 0.449 e. The van der Waals surface area contributed by atoms with Gasteiger partial charge in [-0.2, -0.15) is 18.4 Å². The standard InChI is InChI=1S/C20H16F3N3O4/c1-12(18(28)26-16-5-3-2-4-15(16)20(21,22)23)30-19(29)13-6-8-14(9-7-13)25-17(27)10-11-24/h2-9,12H,10H2,1H3,(H,25,27)(H,26,28). The lowest BCUT2D eigenvalue weighted by Gasteiger charge is -2.17. The maximum Gasteiger partial charge on any atom is 0.418 e. The van der Waals surface area contributed by atoms with Crippen LogP contribution in [-0.2, 0) is 20.5 Å². The second-order valence-electron chi connectivity index (χ2n) is 6.04. The summed E-state index contributed by atoms with van der Waals surface area (Å²) in [4.78, 5) is 35.7. The average molecular weight is 419 g/mol. The molecule has 0 spiro atoms. The fraction of sp³-hybridized carbons (Fsp3) is 0.200. The maximum atomic E-state index is 13.0. The van der Waals surface area contributed by atoms with Crippen LogP contribution >= 0.6 is 0 Å². The number of carbonyl (C=O) groups excluding carboxylic acids is 3. The number of halogens is 3. The molecular formula is C20H16F3N3O4. The van der Waals surface area contributed by atoms with Crippen LogP contribution in [0.1, 0.15) is 29.3 Å². The fourth-order valence-electron chi connectivity index (χ4n) is 2.32. The molecule has 0 aliphatic heterocycles. The molecule has 2 amide bonds. The minimum absolute atomic E-state index is 0.0589. The molecule has 0 radical (unpaired) electrons. The number of nitrogens with one attached hydrogen (secondary N) is 2. The van der Waals surface area contributed by atoms with Crippen molar-refractivity contribution in [2.75, 3.05) is 10.6 Å². The Morgan fingerprint density at radius 1 is 1.07 bits per heavy atom. The summed E-state index contributed by atoms with van der Waals surface area (Å²) in [6, 6.07) is 11.6. The highest BCUT2D eigenvalue weighted by atomic mass is 19.4. The van der Waals surface area contributed by atoms with Gasteiger partial charge in [0, 0.05) is 5.69 Å². The number of para-hydroxylation sites is 1. The molecule has 2 N–H and O–H groups in total. The van der Waals surface area contributed by atoms with Gasteiger partial charge in [0.1, 0.15) is 6.42 Å². The van der Waals surface area contributed by atoms with E-state index < -0.39 is 41.3 Å². The quantitative estimate of drug-likeness (QED) is 0.694. The number of hydrogen-bond acceptors (Lipinski definition) is 5. The van der Waals surface area contributed by atoms with Crippen molar-refractivity contribution in [3.8, 4) is 6.07 Å². The Morgan fingerprint density at radius 3 is 2.30 bits per heavy atom. The highest BCUT2D eigenvalue weighted by molar-refractivity contribution is 5.98. The van der Waals surface area contributed by atoms with Crippen LogP contribution in [0.2, 0.25) is 0 Å². The number of carbonyl (C=O) groups is 3. The summed E-state index contributed by atoms with van der Waals surface area (Å²) in [6.07, 6.45) is -6.35. The third kappa shape index (κ3) is 6.07. The Labute approximate surface area is 169 Å². The van der Waals surface area contributed by atoms with E-state index in [0.717, 1.165) is 12.1 Å². The van der Waals surface area contributed by atoms with E-state index in [1.54, 1.807) is 6.07 Å². The van der Waals surface area contributed by atoms with Gasteiger partial charge in [-0.3, -0.25) is 9.59 Å². The third-order valence-electron chi connectivity index (χ3n) is 3.79. The molecule has 7 nitrogen and oxygen atoms in total. The molecule has 156 valence electrons. The van der Waals surface area contributed by atoms with Gasteiger partial charge in [0.2, 0.25) is 5.91 Å². The second kappa shape index (κ2) is 9.56. The predicted octanol–water partition coefficient (Wildman–Crippen LogP) is 3.74. The molecule has 1 unspecified atom stereocenters. The molecule has 2 rings (SSSR count). The molecule has 0 fully saturated rings. The van der Waals surface area contributed by atoms with E-state index in [1.165, 1.54) is 43.3 Å². The number of anilines is 2. The van der Waals surface area contributed by atoms with E-state index in [-0.39, 0.29) is 12.0 Å². The van der Waals surface area contributed by atoms with Gasteiger partial charge < -0.3 is 15.4 Å². The van der Waals surface area contributed by atoms with Gasteiger partial charge in [0.25, 0.3) is 5.91 Å². The zero-order valence-electron chi connectivity index (χ0n) is 15.6. The normalized spacial score (nSPS) is 11.7. The third-order valence-corrected chi connectivity index (χ3v) is 3.79. The smallest absolute Gasteiger partial charge is 0.418 e. The molecule has 0 saturated carbocycles. The van der Waals surface area contributed by atoms with Gasteiger partial charge >= 0.3 is 12.1 Å². The lowest BCUT2D eigenvalue weighted by Crippen LogP contribution is -2.30. The first kappa shape index (κ1) is 22.4. The number of hydrogen-bond donors (Lipinski definition) is 2. The van der Waals surface area contributed by atoms with Crippen LogP contribution < -0.4 is 10.6 Å². The van der Waals surface area contributed by atoms with Crippen molar-refractivity contribution in [1.82, 2.24) is 0 Å². The number of esters is 1. The maximum absolute atomic E-state index is 13.0. The van der Waals surface area contributed by atoms with Crippen LogP contribution in [0, 0.1) is 11.3 Å². The molecular weight excluding hydrogens is 403 g/mol. The number of ether oxygens (including phenoxy) is 1. The van der Waals surface area contributed by atoms with Crippen LogP contribution in [0.25, 0.3) is 0 Å². The molecule has 2 aromatic carbocycles. The van der Waals surface area contributed by atoms with Gasteiger partial charge in [0.05, 0.1) is 22.9 Å². The lowest BCUT2D eigenvalue weighted by molar-refractivity contribution is -0.137. The number of benzene rings is 2. The Hall–Kier alpha value is -3.87. The number of alkyl halides is 3. The van der Waals surface area contributed by atoms with Gasteiger partial charge in [-0.05, 0) is 43.3 Å². The van der Waals surface area contributed by atoms with Crippen molar-refractivity contribution in [3.63, 3.8) is 0 Å². The van der Waals surface area contributed by atoms with Crippen LogP contribution in [0.5, 0.6) is 0 Å². The first-order valence-corrected chi connectivity index (χ1v) is 8.56.